The molecule has 0 spiro atoms. The summed E-state index contributed by atoms with van der Waals surface area (Å²) in [5.41, 5.74) is 0. The lowest BCUT2D eigenvalue weighted by atomic mass is 9.59. The predicted octanol–water partition coefficient (Wildman–Crippen LogP) is 8.10. The normalized spacial score (nSPS) is 28.8. The Bertz CT molecular complexity index is 563. The average molecular weight is 465 g/mol. The van der Waals surface area contributed by atoms with Crippen molar-refractivity contribution in [2.75, 3.05) is 5.75 Å². The molecule has 1 saturated heterocycles. The number of ether oxygens (including phenoxy) is 1. The van der Waals surface area contributed by atoms with E-state index in [2.05, 4.69) is 18.7 Å². The third-order valence-corrected chi connectivity index (χ3v) is 9.81. The van der Waals surface area contributed by atoms with E-state index in [0.29, 0.717) is 17.1 Å². The van der Waals surface area contributed by atoms with Crippen LogP contribution in [0.25, 0.3) is 0 Å². The highest BCUT2D eigenvalue weighted by atomic mass is 32.2. The van der Waals surface area contributed by atoms with Crippen LogP contribution in [0.1, 0.15) is 129 Å². The standard InChI is InChI=1S/C28H48O3S/c1-2-3-4-5-6-7-8-9-10-11-12-13-14-15-16-17-20-32-24-21-22-18-19-23(24)26-25(22)27(29)31-28(26)30/h22-26H,2-21H2,1H3. The third-order valence-electron chi connectivity index (χ3n) is 8.31. The fourth-order valence-electron chi connectivity index (χ4n) is 6.45. The molecule has 4 fully saturated rings. The van der Waals surface area contributed by atoms with Crippen molar-refractivity contribution >= 4 is 23.7 Å². The number of fused-ring (bicyclic) bond motifs is 2. The summed E-state index contributed by atoms with van der Waals surface area (Å²) in [6.07, 6.45) is 25.9. The lowest BCUT2D eigenvalue weighted by Gasteiger charge is -2.46. The second-order valence-electron chi connectivity index (χ2n) is 10.7. The van der Waals surface area contributed by atoms with Crippen LogP contribution in [-0.2, 0) is 14.3 Å². The number of esters is 2. The van der Waals surface area contributed by atoms with Crippen LogP contribution < -0.4 is 0 Å². The number of rotatable bonds is 18. The molecule has 4 heteroatoms. The van der Waals surface area contributed by atoms with Crippen molar-refractivity contribution in [3.63, 3.8) is 0 Å². The maximum atomic E-state index is 12.1. The summed E-state index contributed by atoms with van der Waals surface area (Å²) in [4.78, 5) is 24.1. The highest BCUT2D eigenvalue weighted by molar-refractivity contribution is 7.99. The SMILES string of the molecule is CCCCCCCCCCCCCCCCCCSC1CC2CCC1C1C(=O)OC(=O)C21. The zero-order chi connectivity index (χ0) is 22.6. The van der Waals surface area contributed by atoms with Gasteiger partial charge in [0.2, 0.25) is 0 Å². The molecular formula is C28H48O3S. The summed E-state index contributed by atoms with van der Waals surface area (Å²) in [5, 5.41) is 0.574. The largest absolute Gasteiger partial charge is 0.393 e. The maximum absolute atomic E-state index is 12.1. The highest BCUT2D eigenvalue weighted by Gasteiger charge is 2.59. The number of carbonyl (C=O) groups excluding carboxylic acids is 2. The summed E-state index contributed by atoms with van der Waals surface area (Å²) in [6.45, 7) is 2.29. The Morgan fingerprint density at radius 3 is 1.75 bits per heavy atom. The van der Waals surface area contributed by atoms with E-state index >= 15 is 0 Å². The van der Waals surface area contributed by atoms with E-state index in [4.69, 9.17) is 4.74 Å². The third kappa shape index (κ3) is 7.77. The zero-order valence-electron chi connectivity index (χ0n) is 20.7. The van der Waals surface area contributed by atoms with Gasteiger partial charge in [0.05, 0.1) is 11.8 Å². The molecule has 5 atom stereocenters. The predicted molar refractivity (Wildman–Crippen MR) is 135 cm³/mol. The Kier molecular flexibility index (Phi) is 12.0. The topological polar surface area (TPSA) is 43.4 Å². The number of hydrogen-bond donors (Lipinski definition) is 0. The first-order valence-corrected chi connectivity index (χ1v) is 15.1. The zero-order valence-corrected chi connectivity index (χ0v) is 21.5. The second-order valence-corrected chi connectivity index (χ2v) is 12.1. The first-order valence-electron chi connectivity index (χ1n) is 14.1. The molecule has 32 heavy (non-hydrogen) atoms. The molecule has 0 aromatic heterocycles. The van der Waals surface area contributed by atoms with Crippen molar-refractivity contribution in [1.82, 2.24) is 0 Å². The first kappa shape index (κ1) is 26.1. The van der Waals surface area contributed by atoms with Crippen LogP contribution in [0.3, 0.4) is 0 Å². The van der Waals surface area contributed by atoms with Crippen LogP contribution in [-0.4, -0.2) is 22.9 Å². The monoisotopic (exact) mass is 464 g/mol. The van der Waals surface area contributed by atoms with Crippen LogP contribution in [0.4, 0.5) is 0 Å². The van der Waals surface area contributed by atoms with E-state index in [1.807, 2.05) is 0 Å². The van der Waals surface area contributed by atoms with Crippen LogP contribution in [0.2, 0.25) is 0 Å². The molecule has 0 radical (unpaired) electrons. The molecule has 1 aliphatic heterocycles. The smallest absolute Gasteiger partial charge is 0.317 e. The van der Waals surface area contributed by atoms with Gasteiger partial charge in [-0.3, -0.25) is 9.59 Å². The molecule has 0 N–H and O–H groups in total. The van der Waals surface area contributed by atoms with Crippen LogP contribution in [0.5, 0.6) is 0 Å². The molecule has 0 aromatic rings. The quantitative estimate of drug-likeness (QED) is 0.117. The van der Waals surface area contributed by atoms with Gasteiger partial charge in [-0.25, -0.2) is 0 Å². The van der Waals surface area contributed by atoms with Crippen molar-refractivity contribution in [2.45, 2.75) is 134 Å². The lowest BCUT2D eigenvalue weighted by molar-refractivity contribution is -0.154. The molecule has 4 rings (SSSR count). The molecule has 1 heterocycles. The summed E-state index contributed by atoms with van der Waals surface area (Å²) >= 11 is 2.08. The van der Waals surface area contributed by atoms with Gasteiger partial charge in [0.25, 0.3) is 0 Å². The summed E-state index contributed by atoms with van der Waals surface area (Å²) in [7, 11) is 0. The Morgan fingerprint density at radius 2 is 1.19 bits per heavy atom. The minimum atomic E-state index is -0.226. The molecule has 3 saturated carbocycles. The van der Waals surface area contributed by atoms with Crippen LogP contribution in [0, 0.1) is 23.7 Å². The number of cyclic esters (lactones) is 2. The minimum absolute atomic E-state index is 0.103. The van der Waals surface area contributed by atoms with E-state index in [0.717, 1.165) is 19.3 Å². The Labute approximate surface area is 201 Å². The molecule has 184 valence electrons. The van der Waals surface area contributed by atoms with E-state index in [1.54, 1.807) is 0 Å². The van der Waals surface area contributed by atoms with Gasteiger partial charge in [-0.15, -0.1) is 0 Å². The van der Waals surface area contributed by atoms with E-state index in [1.165, 1.54) is 108 Å². The number of thioether (sulfide) groups is 1. The molecule has 2 bridgehead atoms. The van der Waals surface area contributed by atoms with Crippen molar-refractivity contribution in [3.8, 4) is 0 Å². The van der Waals surface area contributed by atoms with E-state index in [9.17, 15) is 9.59 Å². The minimum Gasteiger partial charge on any atom is -0.393 e. The first-order chi connectivity index (χ1) is 15.7. The Morgan fingerprint density at radius 1 is 0.688 bits per heavy atom. The van der Waals surface area contributed by atoms with Gasteiger partial charge < -0.3 is 4.74 Å². The van der Waals surface area contributed by atoms with Gasteiger partial charge in [-0.05, 0) is 43.3 Å². The van der Waals surface area contributed by atoms with Gasteiger partial charge >= 0.3 is 11.9 Å². The molecule has 5 unspecified atom stereocenters. The van der Waals surface area contributed by atoms with Crippen molar-refractivity contribution in [3.05, 3.63) is 0 Å². The summed E-state index contributed by atoms with van der Waals surface area (Å²) in [6, 6.07) is 0. The van der Waals surface area contributed by atoms with Gasteiger partial charge in [0.1, 0.15) is 0 Å². The van der Waals surface area contributed by atoms with E-state index < -0.39 is 0 Å². The number of hydrogen-bond acceptors (Lipinski definition) is 4. The van der Waals surface area contributed by atoms with Crippen LogP contribution >= 0.6 is 11.8 Å². The fourth-order valence-corrected chi connectivity index (χ4v) is 8.06. The van der Waals surface area contributed by atoms with Gasteiger partial charge in [-0.1, -0.05) is 103 Å². The highest BCUT2D eigenvalue weighted by Crippen LogP contribution is 2.55. The van der Waals surface area contributed by atoms with Crippen LogP contribution in [0.15, 0.2) is 0 Å². The number of carbonyl (C=O) groups is 2. The van der Waals surface area contributed by atoms with Gasteiger partial charge in [0.15, 0.2) is 0 Å². The maximum Gasteiger partial charge on any atom is 0.317 e. The van der Waals surface area contributed by atoms with Crippen molar-refractivity contribution in [1.29, 1.82) is 0 Å². The average Bonchev–Trinajstić information content (AvgIpc) is 3.12. The molecule has 3 nitrogen and oxygen atoms in total. The Hall–Kier alpha value is -0.510. The summed E-state index contributed by atoms with van der Waals surface area (Å²) < 4.78 is 4.99. The fraction of sp³-hybridized carbons (Fsp3) is 0.929. The van der Waals surface area contributed by atoms with E-state index in [-0.39, 0.29) is 23.8 Å². The number of unbranched alkanes of at least 4 members (excludes halogenated alkanes) is 15. The lowest BCUT2D eigenvalue weighted by Crippen LogP contribution is -2.48. The molecule has 0 amide bonds. The van der Waals surface area contributed by atoms with Gasteiger partial charge in [0, 0.05) is 5.25 Å². The van der Waals surface area contributed by atoms with Crippen molar-refractivity contribution in [2.24, 2.45) is 23.7 Å². The second kappa shape index (κ2) is 14.7. The summed E-state index contributed by atoms with van der Waals surface area (Å²) in [5.74, 6) is 1.33. The van der Waals surface area contributed by atoms with Crippen molar-refractivity contribution < 1.29 is 14.3 Å². The molecule has 4 aliphatic rings. The molecule has 3 aliphatic carbocycles. The van der Waals surface area contributed by atoms with Gasteiger partial charge in [-0.2, -0.15) is 11.8 Å². The molecule has 0 aromatic carbocycles. The molecular weight excluding hydrogens is 416 g/mol. The Balaban J connectivity index is 1.10.